The van der Waals surface area contributed by atoms with Crippen LogP contribution in [0.4, 0.5) is 10.5 Å². The minimum atomic E-state index is -0.651. The largest absolute Gasteiger partial charge is 0.326 e. The van der Waals surface area contributed by atoms with Gasteiger partial charge >= 0.3 is 0 Å². The summed E-state index contributed by atoms with van der Waals surface area (Å²) in [6, 6.07) is 7.40. The highest BCUT2D eigenvalue weighted by molar-refractivity contribution is 8.15. The van der Waals surface area contributed by atoms with Crippen molar-refractivity contribution in [2.75, 3.05) is 11.9 Å². The second-order valence-electron chi connectivity index (χ2n) is 4.73. The fourth-order valence-electron chi connectivity index (χ4n) is 2.03. The monoisotopic (exact) mass is 304 g/mol. The molecule has 0 spiro atoms. The molecule has 1 aliphatic heterocycles. The van der Waals surface area contributed by atoms with E-state index in [9.17, 15) is 14.4 Å². The normalized spacial score (nSPS) is 18.0. The number of imide groups is 1. The predicted octanol–water partition coefficient (Wildman–Crippen LogP) is 2.57. The van der Waals surface area contributed by atoms with Crippen LogP contribution in [0, 0.1) is 6.92 Å². The van der Waals surface area contributed by atoms with Crippen molar-refractivity contribution in [3.8, 4) is 0 Å². The van der Waals surface area contributed by atoms with Crippen LogP contribution in [0.5, 0.6) is 0 Å². The molecule has 0 aliphatic carbocycles. The summed E-state index contributed by atoms with van der Waals surface area (Å²) in [6.07, 6.45) is 1.47. The van der Waals surface area contributed by atoms with Gasteiger partial charge in [0.15, 0.2) is 0 Å². The average molecular weight is 304 g/mol. The van der Waals surface area contributed by atoms with Crippen LogP contribution in [0.3, 0.4) is 0 Å². The zero-order valence-corrected chi connectivity index (χ0v) is 12.5. The maximum atomic E-state index is 12.0. The lowest BCUT2D eigenvalue weighted by Crippen LogP contribution is -2.33. The molecule has 1 fully saturated rings. The van der Waals surface area contributed by atoms with Crippen LogP contribution in [0.1, 0.15) is 12.0 Å². The van der Waals surface area contributed by atoms with Crippen molar-refractivity contribution in [1.29, 1.82) is 0 Å². The minimum absolute atomic E-state index is 0.0170. The molecule has 1 aromatic rings. The standard InChI is InChI=1S/C15H16N2O3S/c1-3-7-17-14(19)12(21-15(17)20)9-13(18)16-11-6-4-5-10(2)8-11/h3-6,8,12H,1,7,9H2,2H3,(H,16,18)/t12-/m1/s1. The number of aryl methyl sites for hydroxylation is 1. The van der Waals surface area contributed by atoms with Crippen LogP contribution in [0.2, 0.25) is 0 Å². The van der Waals surface area contributed by atoms with E-state index in [1.54, 1.807) is 6.07 Å². The van der Waals surface area contributed by atoms with Crippen molar-refractivity contribution >= 4 is 34.5 Å². The van der Waals surface area contributed by atoms with E-state index in [0.29, 0.717) is 5.69 Å². The molecular formula is C15H16N2O3S. The lowest BCUT2D eigenvalue weighted by atomic mass is 10.2. The number of benzene rings is 1. The topological polar surface area (TPSA) is 66.5 Å². The van der Waals surface area contributed by atoms with Crippen LogP contribution in [0.25, 0.3) is 0 Å². The second-order valence-corrected chi connectivity index (χ2v) is 5.89. The van der Waals surface area contributed by atoms with E-state index < -0.39 is 5.25 Å². The van der Waals surface area contributed by atoms with Gasteiger partial charge in [0.1, 0.15) is 5.25 Å². The summed E-state index contributed by atoms with van der Waals surface area (Å²) in [5.74, 6) is -0.607. The molecule has 2 rings (SSSR count). The molecule has 110 valence electrons. The van der Waals surface area contributed by atoms with E-state index in [1.165, 1.54) is 6.08 Å². The SMILES string of the molecule is C=CCN1C(=O)S[C@H](CC(=O)Nc2cccc(C)c2)C1=O. The maximum absolute atomic E-state index is 12.0. The minimum Gasteiger partial charge on any atom is -0.326 e. The highest BCUT2D eigenvalue weighted by Gasteiger charge is 2.39. The van der Waals surface area contributed by atoms with E-state index in [4.69, 9.17) is 0 Å². The number of carbonyl (C=O) groups excluding carboxylic acids is 3. The molecule has 5 nitrogen and oxygen atoms in total. The molecule has 0 aromatic heterocycles. The molecule has 1 aromatic carbocycles. The summed E-state index contributed by atoms with van der Waals surface area (Å²) in [6.45, 7) is 5.62. The van der Waals surface area contributed by atoms with Gasteiger partial charge in [0.05, 0.1) is 0 Å². The van der Waals surface area contributed by atoms with Crippen LogP contribution < -0.4 is 5.32 Å². The first-order chi connectivity index (χ1) is 10.0. The molecule has 6 heteroatoms. The zero-order chi connectivity index (χ0) is 15.4. The number of hydrogen-bond donors (Lipinski definition) is 1. The van der Waals surface area contributed by atoms with Crippen LogP contribution in [-0.2, 0) is 9.59 Å². The quantitative estimate of drug-likeness (QED) is 0.849. The summed E-state index contributed by atoms with van der Waals surface area (Å²) in [4.78, 5) is 36.7. The molecule has 0 unspecified atom stereocenters. The Balaban J connectivity index is 1.96. The number of nitrogens with zero attached hydrogens (tertiary/aromatic N) is 1. The van der Waals surface area contributed by atoms with Crippen molar-refractivity contribution in [3.05, 3.63) is 42.5 Å². The lowest BCUT2D eigenvalue weighted by molar-refractivity contribution is -0.128. The van der Waals surface area contributed by atoms with E-state index in [0.717, 1.165) is 22.2 Å². The highest BCUT2D eigenvalue weighted by atomic mass is 32.2. The van der Waals surface area contributed by atoms with Gasteiger partial charge in [-0.3, -0.25) is 19.3 Å². The number of nitrogens with one attached hydrogen (secondary N) is 1. The molecule has 1 heterocycles. The van der Waals surface area contributed by atoms with Gasteiger partial charge in [0.25, 0.3) is 5.24 Å². The third kappa shape index (κ3) is 3.72. The van der Waals surface area contributed by atoms with Gasteiger partial charge in [-0.15, -0.1) is 6.58 Å². The average Bonchev–Trinajstić information content (AvgIpc) is 2.67. The fourth-order valence-corrected chi connectivity index (χ4v) is 3.02. The smallest absolute Gasteiger partial charge is 0.289 e. The summed E-state index contributed by atoms with van der Waals surface area (Å²) in [5, 5.41) is 1.76. The van der Waals surface area contributed by atoms with Crippen LogP contribution >= 0.6 is 11.8 Å². The van der Waals surface area contributed by atoms with E-state index >= 15 is 0 Å². The number of anilines is 1. The van der Waals surface area contributed by atoms with Gasteiger partial charge in [-0.1, -0.05) is 30.0 Å². The fraction of sp³-hybridized carbons (Fsp3) is 0.267. The van der Waals surface area contributed by atoms with Gasteiger partial charge in [-0.25, -0.2) is 0 Å². The molecule has 1 saturated heterocycles. The van der Waals surface area contributed by atoms with Gasteiger partial charge < -0.3 is 5.32 Å². The lowest BCUT2D eigenvalue weighted by Gasteiger charge is -2.11. The first-order valence-electron chi connectivity index (χ1n) is 6.50. The molecule has 21 heavy (non-hydrogen) atoms. The Labute approximate surface area is 127 Å². The molecule has 1 N–H and O–H groups in total. The van der Waals surface area contributed by atoms with E-state index in [-0.39, 0.29) is 30.0 Å². The molecule has 3 amide bonds. The molecular weight excluding hydrogens is 288 g/mol. The zero-order valence-electron chi connectivity index (χ0n) is 11.7. The van der Waals surface area contributed by atoms with Crippen molar-refractivity contribution in [2.24, 2.45) is 0 Å². The van der Waals surface area contributed by atoms with Gasteiger partial charge in [-0.05, 0) is 24.6 Å². The number of hydrogen-bond acceptors (Lipinski definition) is 4. The Hall–Kier alpha value is -2.08. The van der Waals surface area contributed by atoms with Crippen molar-refractivity contribution in [3.63, 3.8) is 0 Å². The Bertz CT molecular complexity index is 600. The first kappa shape index (κ1) is 15.3. The molecule has 0 radical (unpaired) electrons. The van der Waals surface area contributed by atoms with Gasteiger partial charge in [0.2, 0.25) is 11.8 Å². The van der Waals surface area contributed by atoms with E-state index in [2.05, 4.69) is 11.9 Å². The van der Waals surface area contributed by atoms with Crippen molar-refractivity contribution < 1.29 is 14.4 Å². The molecule has 0 bridgehead atoms. The maximum Gasteiger partial charge on any atom is 0.289 e. The van der Waals surface area contributed by atoms with Crippen molar-refractivity contribution in [1.82, 2.24) is 4.90 Å². The number of thioether (sulfide) groups is 1. The first-order valence-corrected chi connectivity index (χ1v) is 7.38. The van der Waals surface area contributed by atoms with Gasteiger partial charge in [0, 0.05) is 18.7 Å². The Morgan fingerprint density at radius 2 is 2.24 bits per heavy atom. The van der Waals surface area contributed by atoms with Gasteiger partial charge in [-0.2, -0.15) is 0 Å². The van der Waals surface area contributed by atoms with E-state index in [1.807, 2.05) is 25.1 Å². The van der Waals surface area contributed by atoms with Crippen LogP contribution in [-0.4, -0.2) is 33.7 Å². The Morgan fingerprint density at radius 1 is 1.48 bits per heavy atom. The third-order valence-electron chi connectivity index (χ3n) is 2.99. The summed E-state index contributed by atoms with van der Waals surface area (Å²) < 4.78 is 0. The predicted molar refractivity (Wildman–Crippen MR) is 83.1 cm³/mol. The Kier molecular flexibility index (Phi) is 4.80. The molecule has 1 atom stereocenters. The number of rotatable bonds is 5. The number of amides is 3. The third-order valence-corrected chi connectivity index (χ3v) is 4.06. The van der Waals surface area contributed by atoms with Crippen molar-refractivity contribution in [2.45, 2.75) is 18.6 Å². The Morgan fingerprint density at radius 3 is 2.90 bits per heavy atom. The molecule has 1 aliphatic rings. The summed E-state index contributed by atoms with van der Waals surface area (Å²) >= 11 is 0.893. The van der Waals surface area contributed by atoms with Crippen LogP contribution in [0.15, 0.2) is 36.9 Å². The summed E-state index contributed by atoms with van der Waals surface area (Å²) in [5.41, 5.74) is 1.72. The second kappa shape index (κ2) is 6.58. The highest BCUT2D eigenvalue weighted by Crippen LogP contribution is 2.29. The number of carbonyl (C=O) groups is 3. The summed E-state index contributed by atoms with van der Waals surface area (Å²) in [7, 11) is 0. The molecule has 0 saturated carbocycles.